The van der Waals surface area contributed by atoms with E-state index >= 15 is 0 Å². The summed E-state index contributed by atoms with van der Waals surface area (Å²) < 4.78 is 23.6. The number of amides is 1. The number of methoxy groups -OCH3 is 2. The zero-order chi connectivity index (χ0) is 18.9. The minimum Gasteiger partial charge on any atom is -0.496 e. The Hall–Kier alpha value is -2.21. The van der Waals surface area contributed by atoms with E-state index in [0.29, 0.717) is 24.5 Å². The van der Waals surface area contributed by atoms with Gasteiger partial charge < -0.3 is 14.8 Å². The maximum atomic E-state index is 12.9. The van der Waals surface area contributed by atoms with Crippen molar-refractivity contribution in [3.63, 3.8) is 0 Å². The molecule has 0 aliphatic rings. The van der Waals surface area contributed by atoms with Crippen molar-refractivity contribution in [2.24, 2.45) is 0 Å². The lowest BCUT2D eigenvalue weighted by molar-refractivity contribution is -0.121. The Kier molecular flexibility index (Phi) is 7.78. The summed E-state index contributed by atoms with van der Waals surface area (Å²) in [7, 11) is 3.18. The van der Waals surface area contributed by atoms with Crippen LogP contribution in [0, 0.1) is 5.82 Å². The molecule has 2 aromatic carbocycles. The Morgan fingerprint density at radius 2 is 1.73 bits per heavy atom. The predicted molar refractivity (Wildman–Crippen MR) is 102 cm³/mol. The lowest BCUT2D eigenvalue weighted by Crippen LogP contribution is -2.23. The van der Waals surface area contributed by atoms with Crippen molar-refractivity contribution in [1.82, 2.24) is 5.32 Å². The number of hydrogen-bond donors (Lipinski definition) is 1. The molecule has 1 amide bonds. The minimum absolute atomic E-state index is 0.0236. The fourth-order valence-electron chi connectivity index (χ4n) is 2.52. The van der Waals surface area contributed by atoms with Crippen LogP contribution in [0.3, 0.4) is 0 Å². The number of nitrogens with one attached hydrogen (secondary N) is 1. The molecule has 2 rings (SSSR count). The average Bonchev–Trinajstić information content (AvgIpc) is 2.66. The van der Waals surface area contributed by atoms with Crippen LogP contribution in [0.1, 0.15) is 25.3 Å². The Balaban J connectivity index is 1.81. The van der Waals surface area contributed by atoms with Crippen LogP contribution in [0.2, 0.25) is 0 Å². The summed E-state index contributed by atoms with van der Waals surface area (Å²) in [6, 6.07) is 11.9. The Morgan fingerprint density at radius 1 is 1.12 bits per heavy atom. The normalized spacial score (nSPS) is 11.7. The summed E-state index contributed by atoms with van der Waals surface area (Å²) >= 11 is 1.63. The van der Waals surface area contributed by atoms with Gasteiger partial charge >= 0.3 is 0 Å². The molecular weight excluding hydrogens is 353 g/mol. The molecule has 0 heterocycles. The first-order valence-corrected chi connectivity index (χ1v) is 9.30. The highest BCUT2D eigenvalue weighted by atomic mass is 32.2. The van der Waals surface area contributed by atoms with E-state index in [1.165, 1.54) is 12.1 Å². The van der Waals surface area contributed by atoms with Crippen LogP contribution in [0.5, 0.6) is 11.5 Å². The maximum Gasteiger partial charge on any atom is 0.220 e. The molecule has 2 aromatic rings. The van der Waals surface area contributed by atoms with Crippen LogP contribution in [0.4, 0.5) is 4.39 Å². The monoisotopic (exact) mass is 377 g/mol. The van der Waals surface area contributed by atoms with Gasteiger partial charge in [-0.05, 0) is 42.8 Å². The van der Waals surface area contributed by atoms with Gasteiger partial charge in [0, 0.05) is 16.6 Å². The van der Waals surface area contributed by atoms with E-state index in [-0.39, 0.29) is 17.0 Å². The third-order valence-electron chi connectivity index (χ3n) is 3.92. The van der Waals surface area contributed by atoms with Crippen molar-refractivity contribution < 1.29 is 18.7 Å². The molecule has 140 valence electrons. The summed E-state index contributed by atoms with van der Waals surface area (Å²) in [5.41, 5.74) is 0.819. The number of halogens is 1. The fourth-order valence-corrected chi connectivity index (χ4v) is 3.51. The van der Waals surface area contributed by atoms with E-state index in [1.54, 1.807) is 38.1 Å². The lowest BCUT2D eigenvalue weighted by Gasteiger charge is -2.14. The second-order valence-corrected chi connectivity index (χ2v) is 7.35. The molecule has 0 saturated carbocycles. The molecule has 0 saturated heterocycles. The van der Waals surface area contributed by atoms with Gasteiger partial charge in [-0.15, -0.1) is 11.8 Å². The number of ether oxygens (including phenoxy) is 2. The van der Waals surface area contributed by atoms with Crippen LogP contribution < -0.4 is 14.8 Å². The molecule has 0 fully saturated rings. The van der Waals surface area contributed by atoms with Gasteiger partial charge in [0.05, 0.1) is 26.3 Å². The molecule has 0 aliphatic heterocycles. The van der Waals surface area contributed by atoms with Crippen molar-refractivity contribution in [2.75, 3.05) is 14.2 Å². The predicted octanol–water partition coefficient (Wildman–Crippen LogP) is 4.42. The van der Waals surface area contributed by atoms with Crippen molar-refractivity contribution in [1.29, 1.82) is 0 Å². The molecule has 1 atom stereocenters. The van der Waals surface area contributed by atoms with Crippen LogP contribution in [0.15, 0.2) is 47.4 Å². The zero-order valence-corrected chi connectivity index (χ0v) is 16.1. The van der Waals surface area contributed by atoms with Crippen molar-refractivity contribution in [2.45, 2.75) is 36.5 Å². The van der Waals surface area contributed by atoms with Gasteiger partial charge in [-0.2, -0.15) is 0 Å². The quantitative estimate of drug-likeness (QED) is 0.657. The van der Waals surface area contributed by atoms with Crippen LogP contribution in [-0.4, -0.2) is 25.4 Å². The summed E-state index contributed by atoms with van der Waals surface area (Å²) in [4.78, 5) is 13.2. The van der Waals surface area contributed by atoms with E-state index in [0.717, 1.165) is 16.9 Å². The van der Waals surface area contributed by atoms with Crippen LogP contribution in [0.25, 0.3) is 0 Å². The van der Waals surface area contributed by atoms with E-state index < -0.39 is 0 Å². The van der Waals surface area contributed by atoms with E-state index in [4.69, 9.17) is 9.47 Å². The number of carbonyl (C=O) groups excluding carboxylic acids is 1. The number of carbonyl (C=O) groups is 1. The molecule has 1 unspecified atom stereocenters. The average molecular weight is 377 g/mol. The van der Waals surface area contributed by atoms with Gasteiger partial charge in [0.1, 0.15) is 17.3 Å². The molecule has 4 nitrogen and oxygen atoms in total. The molecular formula is C20H24FNO3S. The van der Waals surface area contributed by atoms with E-state index in [1.807, 2.05) is 18.2 Å². The van der Waals surface area contributed by atoms with Crippen LogP contribution >= 0.6 is 11.8 Å². The molecule has 6 heteroatoms. The van der Waals surface area contributed by atoms with E-state index in [9.17, 15) is 9.18 Å². The highest BCUT2D eigenvalue weighted by Gasteiger charge is 2.12. The summed E-state index contributed by atoms with van der Waals surface area (Å²) in [5.74, 6) is 1.10. The molecule has 1 N–H and O–H groups in total. The molecule has 0 radical (unpaired) electrons. The standard InChI is InChI=1S/C20H24FNO3S/c1-14(26-16-10-8-15(21)9-11-16)7-12-20(23)22-13-17-18(24-2)5-4-6-19(17)25-3/h4-6,8-11,14H,7,12-13H2,1-3H3,(H,22,23). The summed E-state index contributed by atoms with van der Waals surface area (Å²) in [6.07, 6.45) is 1.16. The SMILES string of the molecule is COc1cccc(OC)c1CNC(=O)CCC(C)Sc1ccc(F)cc1. The Labute approximate surface area is 158 Å². The zero-order valence-electron chi connectivity index (χ0n) is 15.3. The van der Waals surface area contributed by atoms with Gasteiger partial charge in [0.15, 0.2) is 0 Å². The first kappa shape index (κ1) is 20.1. The Bertz CT molecular complexity index is 699. The van der Waals surface area contributed by atoms with Crippen molar-refractivity contribution >= 4 is 17.7 Å². The van der Waals surface area contributed by atoms with E-state index in [2.05, 4.69) is 12.2 Å². The number of thioether (sulfide) groups is 1. The lowest BCUT2D eigenvalue weighted by atomic mass is 10.1. The van der Waals surface area contributed by atoms with Gasteiger partial charge in [-0.25, -0.2) is 4.39 Å². The minimum atomic E-state index is -0.242. The van der Waals surface area contributed by atoms with Gasteiger partial charge in [0.25, 0.3) is 0 Å². The molecule has 0 bridgehead atoms. The topological polar surface area (TPSA) is 47.6 Å². The van der Waals surface area contributed by atoms with Gasteiger partial charge in [-0.3, -0.25) is 4.79 Å². The molecule has 0 aromatic heterocycles. The smallest absolute Gasteiger partial charge is 0.220 e. The van der Waals surface area contributed by atoms with Crippen LogP contribution in [-0.2, 0) is 11.3 Å². The van der Waals surface area contributed by atoms with Gasteiger partial charge in [0.2, 0.25) is 5.91 Å². The molecule has 26 heavy (non-hydrogen) atoms. The number of benzene rings is 2. The second-order valence-electron chi connectivity index (χ2n) is 5.84. The Morgan fingerprint density at radius 3 is 2.31 bits per heavy atom. The maximum absolute atomic E-state index is 12.9. The number of rotatable bonds is 9. The summed E-state index contributed by atoms with van der Waals surface area (Å²) in [6.45, 7) is 2.41. The third kappa shape index (κ3) is 5.95. The fraction of sp³-hybridized carbons (Fsp3) is 0.350. The first-order valence-electron chi connectivity index (χ1n) is 8.42. The summed E-state index contributed by atoms with van der Waals surface area (Å²) in [5, 5.41) is 3.17. The second kappa shape index (κ2) is 10.1. The number of hydrogen-bond acceptors (Lipinski definition) is 4. The highest BCUT2D eigenvalue weighted by molar-refractivity contribution is 7.99. The first-order chi connectivity index (χ1) is 12.5. The van der Waals surface area contributed by atoms with Gasteiger partial charge in [-0.1, -0.05) is 13.0 Å². The third-order valence-corrected chi connectivity index (χ3v) is 5.10. The molecule has 0 aliphatic carbocycles. The highest BCUT2D eigenvalue weighted by Crippen LogP contribution is 2.28. The molecule has 0 spiro atoms. The van der Waals surface area contributed by atoms with Crippen molar-refractivity contribution in [3.8, 4) is 11.5 Å². The van der Waals surface area contributed by atoms with Crippen molar-refractivity contribution in [3.05, 3.63) is 53.8 Å². The largest absolute Gasteiger partial charge is 0.496 e.